The molecule has 0 fully saturated rings. The number of rotatable bonds is 2. The van der Waals surface area contributed by atoms with E-state index in [2.05, 4.69) is 60.7 Å². The third-order valence-electron chi connectivity index (χ3n) is 4.30. The van der Waals surface area contributed by atoms with Crippen molar-refractivity contribution >= 4 is 41.1 Å². The first-order valence-electron chi connectivity index (χ1n) is 7.74. The van der Waals surface area contributed by atoms with Gasteiger partial charge in [0, 0.05) is 5.56 Å². The minimum atomic E-state index is 0.719. The quantitative estimate of drug-likeness (QED) is 0.313. The van der Waals surface area contributed by atoms with E-state index in [1.165, 1.54) is 27.1 Å². The molecule has 0 aliphatic rings. The van der Waals surface area contributed by atoms with E-state index in [0.29, 0.717) is 0 Å². The van der Waals surface area contributed by atoms with Crippen LogP contribution in [0.5, 0.6) is 0 Å². The molecular formula is C21H15BO. The van der Waals surface area contributed by atoms with Gasteiger partial charge in [0.15, 0.2) is 0 Å². The van der Waals surface area contributed by atoms with Gasteiger partial charge in [-0.2, -0.15) is 0 Å². The molecule has 0 amide bonds. The molecule has 0 aliphatic carbocycles. The SMILES string of the molecule is Bc1cc(C=O)cc(-c2c3ccccc3cc3ccccc23)c1. The van der Waals surface area contributed by atoms with Crippen LogP contribution < -0.4 is 5.46 Å². The van der Waals surface area contributed by atoms with Crippen LogP contribution in [0, 0.1) is 0 Å². The lowest BCUT2D eigenvalue weighted by Gasteiger charge is -2.13. The van der Waals surface area contributed by atoms with Crippen molar-refractivity contribution in [3.63, 3.8) is 0 Å². The second kappa shape index (κ2) is 5.40. The van der Waals surface area contributed by atoms with E-state index in [9.17, 15) is 4.79 Å². The molecule has 0 spiro atoms. The molecule has 0 saturated carbocycles. The summed E-state index contributed by atoms with van der Waals surface area (Å²) in [7, 11) is 2.03. The van der Waals surface area contributed by atoms with Gasteiger partial charge in [0.25, 0.3) is 0 Å². The Bertz CT molecular complexity index is 996. The lowest BCUT2D eigenvalue weighted by Crippen LogP contribution is -2.04. The molecule has 0 unspecified atom stereocenters. The van der Waals surface area contributed by atoms with Crippen LogP contribution in [0.25, 0.3) is 32.7 Å². The number of hydrogen-bond donors (Lipinski definition) is 0. The van der Waals surface area contributed by atoms with E-state index in [1.54, 1.807) is 0 Å². The van der Waals surface area contributed by atoms with Gasteiger partial charge < -0.3 is 0 Å². The van der Waals surface area contributed by atoms with E-state index in [0.717, 1.165) is 22.9 Å². The molecule has 108 valence electrons. The largest absolute Gasteiger partial charge is 0.298 e. The second-order valence-corrected chi connectivity index (χ2v) is 5.94. The Morgan fingerprint density at radius 3 is 1.96 bits per heavy atom. The minimum Gasteiger partial charge on any atom is -0.298 e. The minimum absolute atomic E-state index is 0.719. The Hall–Kier alpha value is -2.87. The first kappa shape index (κ1) is 13.8. The molecule has 0 radical (unpaired) electrons. The van der Waals surface area contributed by atoms with Crippen LogP contribution in [-0.2, 0) is 0 Å². The molecule has 0 aromatic heterocycles. The maximum absolute atomic E-state index is 11.3. The van der Waals surface area contributed by atoms with Crippen LogP contribution in [-0.4, -0.2) is 14.1 Å². The fourth-order valence-electron chi connectivity index (χ4n) is 3.35. The van der Waals surface area contributed by atoms with Crippen molar-refractivity contribution in [3.8, 4) is 11.1 Å². The molecule has 4 rings (SSSR count). The van der Waals surface area contributed by atoms with E-state index in [-0.39, 0.29) is 0 Å². The van der Waals surface area contributed by atoms with Gasteiger partial charge in [-0.25, -0.2) is 0 Å². The van der Waals surface area contributed by atoms with Gasteiger partial charge in [-0.3, -0.25) is 4.79 Å². The summed E-state index contributed by atoms with van der Waals surface area (Å²) in [6.07, 6.45) is 0.920. The highest BCUT2D eigenvalue weighted by Gasteiger charge is 2.10. The molecule has 4 aromatic rings. The van der Waals surface area contributed by atoms with Crippen LogP contribution in [0.1, 0.15) is 10.4 Å². The monoisotopic (exact) mass is 294 g/mol. The maximum atomic E-state index is 11.3. The molecule has 0 atom stereocenters. The highest BCUT2D eigenvalue weighted by molar-refractivity contribution is 6.33. The Labute approximate surface area is 136 Å². The predicted molar refractivity (Wildman–Crippen MR) is 100 cm³/mol. The van der Waals surface area contributed by atoms with Crippen molar-refractivity contribution in [2.45, 2.75) is 0 Å². The highest BCUT2D eigenvalue weighted by atomic mass is 16.1. The molecule has 2 heteroatoms. The zero-order chi connectivity index (χ0) is 15.8. The summed E-state index contributed by atoms with van der Waals surface area (Å²) in [5.41, 5.74) is 4.12. The number of hydrogen-bond acceptors (Lipinski definition) is 1. The summed E-state index contributed by atoms with van der Waals surface area (Å²) in [4.78, 5) is 11.3. The van der Waals surface area contributed by atoms with Gasteiger partial charge >= 0.3 is 0 Å². The molecule has 1 nitrogen and oxygen atoms in total. The summed E-state index contributed by atoms with van der Waals surface area (Å²) in [6, 6.07) is 25.1. The van der Waals surface area contributed by atoms with Crippen LogP contribution in [0.4, 0.5) is 0 Å². The Morgan fingerprint density at radius 2 is 1.35 bits per heavy atom. The molecule has 0 aliphatic heterocycles. The van der Waals surface area contributed by atoms with Crippen LogP contribution >= 0.6 is 0 Å². The van der Waals surface area contributed by atoms with Crippen LogP contribution in [0.15, 0.2) is 72.8 Å². The smallest absolute Gasteiger partial charge is 0.150 e. The number of carbonyl (C=O) groups excluding carboxylic acids is 1. The standard InChI is InChI=1S/C21H15BO/c22-18-10-14(13-23)9-17(12-18)21-19-7-3-1-5-15(19)11-16-6-2-4-8-20(16)21/h1-13H,22H2. The fourth-order valence-corrected chi connectivity index (χ4v) is 3.35. The molecule has 0 heterocycles. The maximum Gasteiger partial charge on any atom is 0.150 e. The summed E-state index contributed by atoms with van der Waals surface area (Å²) in [5.74, 6) is 0. The Balaban J connectivity index is 2.19. The average molecular weight is 294 g/mol. The van der Waals surface area contributed by atoms with Gasteiger partial charge in [0.2, 0.25) is 0 Å². The third-order valence-corrected chi connectivity index (χ3v) is 4.30. The van der Waals surface area contributed by atoms with Crippen molar-refractivity contribution in [3.05, 3.63) is 78.4 Å². The van der Waals surface area contributed by atoms with Crippen molar-refractivity contribution in [1.29, 1.82) is 0 Å². The van der Waals surface area contributed by atoms with Gasteiger partial charge in [0.1, 0.15) is 14.1 Å². The normalized spacial score (nSPS) is 11.0. The first-order chi connectivity index (χ1) is 11.3. The van der Waals surface area contributed by atoms with Crippen molar-refractivity contribution in [2.24, 2.45) is 0 Å². The van der Waals surface area contributed by atoms with E-state index >= 15 is 0 Å². The number of carbonyl (C=O) groups is 1. The van der Waals surface area contributed by atoms with Crippen LogP contribution in [0.2, 0.25) is 0 Å². The second-order valence-electron chi connectivity index (χ2n) is 5.94. The molecular weight excluding hydrogens is 279 g/mol. The lowest BCUT2D eigenvalue weighted by molar-refractivity contribution is 0.112. The van der Waals surface area contributed by atoms with Gasteiger partial charge in [-0.05, 0) is 44.8 Å². The third kappa shape index (κ3) is 2.33. The van der Waals surface area contributed by atoms with Crippen molar-refractivity contribution < 1.29 is 4.79 Å². The van der Waals surface area contributed by atoms with Crippen molar-refractivity contribution in [1.82, 2.24) is 0 Å². The fraction of sp³-hybridized carbons (Fsp3) is 0. The molecule has 4 aromatic carbocycles. The molecule has 23 heavy (non-hydrogen) atoms. The first-order valence-corrected chi connectivity index (χ1v) is 7.74. The number of benzene rings is 4. The highest BCUT2D eigenvalue weighted by Crippen LogP contribution is 2.36. The number of aldehydes is 1. The Morgan fingerprint density at radius 1 is 0.739 bits per heavy atom. The summed E-state index contributed by atoms with van der Waals surface area (Å²) < 4.78 is 0. The summed E-state index contributed by atoms with van der Waals surface area (Å²) in [6.45, 7) is 0. The van der Waals surface area contributed by atoms with E-state index in [4.69, 9.17) is 0 Å². The number of fused-ring (bicyclic) bond motifs is 2. The predicted octanol–water partition coefficient (Wildman–Crippen LogP) is 3.73. The zero-order valence-electron chi connectivity index (χ0n) is 12.9. The topological polar surface area (TPSA) is 17.1 Å². The summed E-state index contributed by atoms with van der Waals surface area (Å²) >= 11 is 0. The lowest BCUT2D eigenvalue weighted by atomic mass is 9.86. The van der Waals surface area contributed by atoms with Gasteiger partial charge in [-0.1, -0.05) is 66.1 Å². The van der Waals surface area contributed by atoms with Crippen molar-refractivity contribution in [2.75, 3.05) is 0 Å². The van der Waals surface area contributed by atoms with E-state index in [1.807, 2.05) is 20.0 Å². The average Bonchev–Trinajstić information content (AvgIpc) is 2.59. The Kier molecular flexibility index (Phi) is 3.23. The summed E-state index contributed by atoms with van der Waals surface area (Å²) in [5, 5.41) is 4.87. The van der Waals surface area contributed by atoms with Gasteiger partial charge in [-0.15, -0.1) is 0 Å². The van der Waals surface area contributed by atoms with E-state index < -0.39 is 0 Å². The molecule has 0 N–H and O–H groups in total. The molecule has 0 saturated heterocycles. The zero-order valence-corrected chi connectivity index (χ0v) is 12.9. The van der Waals surface area contributed by atoms with Gasteiger partial charge in [0.05, 0.1) is 0 Å². The molecule has 0 bridgehead atoms. The van der Waals surface area contributed by atoms with Crippen LogP contribution in [0.3, 0.4) is 0 Å².